The molecule has 2 aromatic rings. The number of hydrogen-bond acceptors (Lipinski definition) is 3. The maximum Gasteiger partial charge on any atom is 0.261 e. The van der Waals surface area contributed by atoms with E-state index in [-0.39, 0.29) is 18.4 Å². The number of rotatable bonds is 8. The number of carbonyl (C=O) groups is 2. The Bertz CT molecular complexity index is 789. The molecule has 1 atom stereocenters. The molecule has 0 fully saturated rings. The van der Waals surface area contributed by atoms with E-state index in [1.54, 1.807) is 11.9 Å². The third kappa shape index (κ3) is 5.84. The van der Waals surface area contributed by atoms with Gasteiger partial charge in [-0.15, -0.1) is 0 Å². The highest BCUT2D eigenvalue weighted by molar-refractivity contribution is 5.88. The van der Waals surface area contributed by atoms with E-state index in [1.165, 1.54) is 0 Å². The van der Waals surface area contributed by atoms with Gasteiger partial charge < -0.3 is 15.0 Å². The van der Waals surface area contributed by atoms with Crippen LogP contribution in [0.1, 0.15) is 30.0 Å². The molecule has 2 rings (SSSR count). The lowest BCUT2D eigenvalue weighted by Gasteiger charge is -2.30. The summed E-state index contributed by atoms with van der Waals surface area (Å²) in [6.07, 6.45) is 0.529. The second-order valence-electron chi connectivity index (χ2n) is 6.65. The molecule has 0 radical (unpaired) electrons. The highest BCUT2D eigenvalue weighted by Crippen LogP contribution is 2.16. The first-order valence-electron chi connectivity index (χ1n) is 9.20. The van der Waals surface area contributed by atoms with Crippen LogP contribution in [-0.2, 0) is 16.1 Å². The van der Waals surface area contributed by atoms with Crippen molar-refractivity contribution in [1.29, 1.82) is 0 Å². The molecule has 2 amide bonds. The minimum Gasteiger partial charge on any atom is -0.484 e. The summed E-state index contributed by atoms with van der Waals surface area (Å²) < 4.78 is 5.68. The van der Waals surface area contributed by atoms with Crippen LogP contribution in [-0.4, -0.2) is 36.4 Å². The van der Waals surface area contributed by atoms with Crippen molar-refractivity contribution >= 4 is 11.8 Å². The molecule has 27 heavy (non-hydrogen) atoms. The average molecular weight is 368 g/mol. The van der Waals surface area contributed by atoms with E-state index in [1.807, 2.05) is 69.3 Å². The standard InChI is InChI=1S/C22H28N2O3/c1-5-20(22(26)23-4)24(14-18-10-6-8-16(2)12-18)21(25)15-27-19-11-7-9-17(3)13-19/h6-13,20H,5,14-15H2,1-4H3,(H,23,26)/t20-/m0/s1. The Morgan fingerprint density at radius 2 is 1.74 bits per heavy atom. The van der Waals surface area contributed by atoms with Crippen molar-refractivity contribution in [3.63, 3.8) is 0 Å². The van der Waals surface area contributed by atoms with Gasteiger partial charge in [-0.3, -0.25) is 9.59 Å². The second-order valence-corrected chi connectivity index (χ2v) is 6.65. The number of likely N-dealkylation sites (N-methyl/N-ethyl adjacent to an activating group) is 1. The summed E-state index contributed by atoms with van der Waals surface area (Å²) in [5, 5.41) is 2.66. The van der Waals surface area contributed by atoms with Gasteiger partial charge in [0, 0.05) is 13.6 Å². The van der Waals surface area contributed by atoms with Crippen LogP contribution in [0.2, 0.25) is 0 Å². The summed E-state index contributed by atoms with van der Waals surface area (Å²) >= 11 is 0. The molecule has 144 valence electrons. The average Bonchev–Trinajstić information content (AvgIpc) is 2.65. The largest absolute Gasteiger partial charge is 0.484 e. The summed E-state index contributed by atoms with van der Waals surface area (Å²) in [5.41, 5.74) is 3.17. The fourth-order valence-electron chi connectivity index (χ4n) is 3.03. The molecule has 0 heterocycles. The van der Waals surface area contributed by atoms with Gasteiger partial charge in [-0.05, 0) is 43.5 Å². The fraction of sp³-hybridized carbons (Fsp3) is 0.364. The maximum atomic E-state index is 12.9. The first kappa shape index (κ1) is 20.5. The summed E-state index contributed by atoms with van der Waals surface area (Å²) in [4.78, 5) is 26.9. The number of benzene rings is 2. The molecule has 0 spiro atoms. The number of amides is 2. The molecular formula is C22H28N2O3. The summed E-state index contributed by atoms with van der Waals surface area (Å²) in [5.74, 6) is 0.259. The van der Waals surface area contributed by atoms with Crippen LogP contribution in [0.4, 0.5) is 0 Å². The van der Waals surface area contributed by atoms with Gasteiger partial charge in [0.15, 0.2) is 6.61 Å². The monoisotopic (exact) mass is 368 g/mol. The molecule has 0 aromatic heterocycles. The summed E-state index contributed by atoms with van der Waals surface area (Å²) in [6.45, 7) is 6.13. The molecule has 0 saturated carbocycles. The van der Waals surface area contributed by atoms with E-state index < -0.39 is 6.04 Å². The zero-order valence-electron chi connectivity index (χ0n) is 16.5. The van der Waals surface area contributed by atoms with Gasteiger partial charge in [0.1, 0.15) is 11.8 Å². The fourth-order valence-corrected chi connectivity index (χ4v) is 3.03. The maximum absolute atomic E-state index is 12.9. The third-order valence-corrected chi connectivity index (χ3v) is 4.42. The van der Waals surface area contributed by atoms with Crippen molar-refractivity contribution in [3.8, 4) is 5.75 Å². The Labute approximate surface area is 161 Å². The molecular weight excluding hydrogens is 340 g/mol. The molecule has 0 aliphatic carbocycles. The number of aryl methyl sites for hydroxylation is 2. The highest BCUT2D eigenvalue weighted by atomic mass is 16.5. The summed E-state index contributed by atoms with van der Waals surface area (Å²) in [6, 6.07) is 15.0. The van der Waals surface area contributed by atoms with Gasteiger partial charge in [0.2, 0.25) is 5.91 Å². The first-order chi connectivity index (χ1) is 12.9. The SMILES string of the molecule is CC[C@@H](C(=O)NC)N(Cc1cccc(C)c1)C(=O)COc1cccc(C)c1. The molecule has 0 aliphatic rings. The van der Waals surface area contributed by atoms with Crippen LogP contribution < -0.4 is 10.1 Å². The molecule has 5 nitrogen and oxygen atoms in total. The van der Waals surface area contributed by atoms with E-state index in [4.69, 9.17) is 4.74 Å². The zero-order chi connectivity index (χ0) is 19.8. The first-order valence-corrected chi connectivity index (χ1v) is 9.20. The minimum absolute atomic E-state index is 0.108. The van der Waals surface area contributed by atoms with Crippen molar-refractivity contribution in [2.24, 2.45) is 0 Å². The zero-order valence-corrected chi connectivity index (χ0v) is 16.5. The van der Waals surface area contributed by atoms with E-state index in [2.05, 4.69) is 5.32 Å². The number of carbonyl (C=O) groups excluding carboxylic acids is 2. The number of hydrogen-bond donors (Lipinski definition) is 1. The Morgan fingerprint density at radius 3 is 2.33 bits per heavy atom. The van der Waals surface area contributed by atoms with E-state index in [0.29, 0.717) is 18.7 Å². The number of nitrogens with one attached hydrogen (secondary N) is 1. The molecule has 0 aliphatic heterocycles. The van der Waals surface area contributed by atoms with E-state index in [0.717, 1.165) is 16.7 Å². The van der Waals surface area contributed by atoms with Crippen molar-refractivity contribution in [2.75, 3.05) is 13.7 Å². The predicted molar refractivity (Wildman–Crippen MR) is 107 cm³/mol. The normalized spacial score (nSPS) is 11.6. The molecule has 1 N–H and O–H groups in total. The van der Waals surface area contributed by atoms with Gasteiger partial charge in [-0.25, -0.2) is 0 Å². The van der Waals surface area contributed by atoms with Crippen LogP contribution in [0, 0.1) is 13.8 Å². The summed E-state index contributed by atoms with van der Waals surface area (Å²) in [7, 11) is 1.59. The van der Waals surface area contributed by atoms with Gasteiger partial charge in [0.05, 0.1) is 0 Å². The predicted octanol–water partition coefficient (Wildman–Crippen LogP) is 3.24. The van der Waals surface area contributed by atoms with Crippen LogP contribution in [0.25, 0.3) is 0 Å². The quantitative estimate of drug-likeness (QED) is 0.778. The van der Waals surface area contributed by atoms with Crippen molar-refractivity contribution < 1.29 is 14.3 Å². The lowest BCUT2D eigenvalue weighted by molar-refractivity contribution is -0.142. The Balaban J connectivity index is 2.18. The van der Waals surface area contributed by atoms with Crippen molar-refractivity contribution in [1.82, 2.24) is 10.2 Å². The topological polar surface area (TPSA) is 58.6 Å². The molecule has 0 saturated heterocycles. The molecule has 2 aromatic carbocycles. The number of nitrogens with zero attached hydrogens (tertiary/aromatic N) is 1. The minimum atomic E-state index is -0.538. The van der Waals surface area contributed by atoms with Crippen LogP contribution in [0.15, 0.2) is 48.5 Å². The Kier molecular flexibility index (Phi) is 7.41. The van der Waals surface area contributed by atoms with Crippen molar-refractivity contribution in [2.45, 2.75) is 39.8 Å². The third-order valence-electron chi connectivity index (χ3n) is 4.42. The smallest absolute Gasteiger partial charge is 0.261 e. The highest BCUT2D eigenvalue weighted by Gasteiger charge is 2.28. The van der Waals surface area contributed by atoms with Gasteiger partial charge in [0.25, 0.3) is 5.91 Å². The Hall–Kier alpha value is -2.82. The molecule has 5 heteroatoms. The Morgan fingerprint density at radius 1 is 1.07 bits per heavy atom. The van der Waals surface area contributed by atoms with Gasteiger partial charge in [-0.2, -0.15) is 0 Å². The van der Waals surface area contributed by atoms with Crippen molar-refractivity contribution in [3.05, 3.63) is 65.2 Å². The number of ether oxygens (including phenoxy) is 1. The van der Waals surface area contributed by atoms with Crippen LogP contribution >= 0.6 is 0 Å². The second kappa shape index (κ2) is 9.76. The lowest BCUT2D eigenvalue weighted by Crippen LogP contribution is -2.49. The molecule has 0 bridgehead atoms. The van der Waals surface area contributed by atoms with Gasteiger partial charge >= 0.3 is 0 Å². The van der Waals surface area contributed by atoms with Crippen LogP contribution in [0.3, 0.4) is 0 Å². The molecule has 0 unspecified atom stereocenters. The lowest BCUT2D eigenvalue weighted by atomic mass is 10.1. The van der Waals surface area contributed by atoms with Gasteiger partial charge in [-0.1, -0.05) is 48.9 Å². The van der Waals surface area contributed by atoms with E-state index in [9.17, 15) is 9.59 Å². The van der Waals surface area contributed by atoms with Crippen LogP contribution in [0.5, 0.6) is 5.75 Å². The van der Waals surface area contributed by atoms with E-state index >= 15 is 0 Å².